The molecule has 0 bridgehead atoms. The van der Waals surface area contributed by atoms with Gasteiger partial charge in [0.25, 0.3) is 5.91 Å². The molecule has 1 N–H and O–H groups in total. The number of nitrogens with zero attached hydrogens (tertiary/aromatic N) is 3. The van der Waals surface area contributed by atoms with E-state index in [0.29, 0.717) is 17.3 Å². The molecule has 3 rings (SSSR count). The van der Waals surface area contributed by atoms with E-state index in [1.54, 1.807) is 12.4 Å². The predicted molar refractivity (Wildman–Crippen MR) is 82.4 cm³/mol. The fourth-order valence-corrected chi connectivity index (χ4v) is 2.34. The van der Waals surface area contributed by atoms with E-state index in [2.05, 4.69) is 20.3 Å². The van der Waals surface area contributed by atoms with Crippen molar-refractivity contribution < 1.29 is 9.21 Å². The number of oxazole rings is 1. The van der Waals surface area contributed by atoms with Crippen molar-refractivity contribution in [3.8, 4) is 11.3 Å². The van der Waals surface area contributed by atoms with Gasteiger partial charge in [-0.25, -0.2) is 9.98 Å². The molecule has 114 valence electrons. The monoisotopic (exact) mass is 298 g/mol. The van der Waals surface area contributed by atoms with Gasteiger partial charge in [0.1, 0.15) is 11.2 Å². The lowest BCUT2D eigenvalue weighted by Gasteiger charge is -2.21. The van der Waals surface area contributed by atoms with Gasteiger partial charge in [-0.3, -0.25) is 9.78 Å². The molecule has 2 aromatic rings. The summed E-state index contributed by atoms with van der Waals surface area (Å²) in [4.78, 5) is 25.3. The molecule has 3 heterocycles. The van der Waals surface area contributed by atoms with Gasteiger partial charge in [-0.1, -0.05) is 13.8 Å². The van der Waals surface area contributed by atoms with Crippen molar-refractivity contribution in [1.29, 1.82) is 0 Å². The first-order chi connectivity index (χ1) is 10.4. The van der Waals surface area contributed by atoms with Crippen molar-refractivity contribution in [2.75, 3.05) is 0 Å². The average molecular weight is 298 g/mol. The van der Waals surface area contributed by atoms with Crippen LogP contribution in [0.25, 0.3) is 11.3 Å². The van der Waals surface area contributed by atoms with Crippen LogP contribution in [-0.4, -0.2) is 27.2 Å². The predicted octanol–water partition coefficient (Wildman–Crippen LogP) is 2.34. The number of amides is 1. The largest absolute Gasteiger partial charge is 0.443 e. The molecule has 1 atom stereocenters. The fraction of sp³-hybridized carbons (Fsp3) is 0.375. The first kappa shape index (κ1) is 14.4. The summed E-state index contributed by atoms with van der Waals surface area (Å²) in [6, 6.07) is 1.95. The molecule has 0 fully saturated rings. The molecular weight excluding hydrogens is 280 g/mol. The summed E-state index contributed by atoms with van der Waals surface area (Å²) in [7, 11) is 0. The molecule has 0 aromatic carbocycles. The maximum atomic E-state index is 12.3. The van der Waals surface area contributed by atoms with Gasteiger partial charge >= 0.3 is 0 Å². The van der Waals surface area contributed by atoms with Crippen molar-refractivity contribution in [3.05, 3.63) is 36.1 Å². The van der Waals surface area contributed by atoms with Crippen LogP contribution in [0.5, 0.6) is 0 Å². The molecule has 0 spiro atoms. The maximum absolute atomic E-state index is 12.3. The number of amidine groups is 1. The fourth-order valence-electron chi connectivity index (χ4n) is 2.34. The van der Waals surface area contributed by atoms with E-state index in [9.17, 15) is 4.79 Å². The zero-order valence-corrected chi connectivity index (χ0v) is 13.0. The average Bonchev–Trinajstić information content (AvgIpc) is 3.08. The highest BCUT2D eigenvalue weighted by molar-refractivity contribution is 6.16. The molecule has 22 heavy (non-hydrogen) atoms. The smallest absolute Gasteiger partial charge is 0.253 e. The van der Waals surface area contributed by atoms with Crippen molar-refractivity contribution in [3.63, 3.8) is 0 Å². The number of aromatic nitrogens is 2. The molecule has 1 aliphatic rings. The number of hydrogen-bond acceptors (Lipinski definition) is 5. The van der Waals surface area contributed by atoms with Crippen LogP contribution in [0, 0.1) is 12.8 Å². The Morgan fingerprint density at radius 2 is 2.09 bits per heavy atom. The molecule has 6 nitrogen and oxygen atoms in total. The van der Waals surface area contributed by atoms with Crippen LogP contribution in [0.2, 0.25) is 0 Å². The van der Waals surface area contributed by atoms with E-state index >= 15 is 0 Å². The number of aliphatic imine (C=N–C) groups is 1. The number of pyridine rings is 1. The van der Waals surface area contributed by atoms with E-state index in [4.69, 9.17) is 4.42 Å². The van der Waals surface area contributed by atoms with Gasteiger partial charge in [-0.05, 0) is 31.4 Å². The van der Waals surface area contributed by atoms with Crippen LogP contribution in [-0.2, 0) is 4.79 Å². The molecule has 0 saturated carbocycles. The molecule has 0 saturated heterocycles. The van der Waals surface area contributed by atoms with Gasteiger partial charge < -0.3 is 9.73 Å². The topological polar surface area (TPSA) is 80.4 Å². The van der Waals surface area contributed by atoms with Crippen LogP contribution in [0.1, 0.15) is 32.0 Å². The summed E-state index contributed by atoms with van der Waals surface area (Å²) < 4.78 is 5.38. The van der Waals surface area contributed by atoms with Crippen LogP contribution in [0.15, 0.2) is 34.3 Å². The van der Waals surface area contributed by atoms with Gasteiger partial charge in [0.15, 0.2) is 18.0 Å². The third kappa shape index (κ3) is 2.20. The van der Waals surface area contributed by atoms with E-state index in [1.807, 2.05) is 33.8 Å². The molecular formula is C16H18N4O2. The molecule has 1 unspecified atom stereocenters. The Bertz CT molecular complexity index is 750. The Hall–Kier alpha value is -2.50. The molecule has 0 aliphatic carbocycles. The van der Waals surface area contributed by atoms with E-state index in [0.717, 1.165) is 11.1 Å². The SMILES string of the molecule is Cc1cnc(C2=NC(C)(C(C)C)C(=O)N2)c(-c2cnco2)c1. The first-order valence-electron chi connectivity index (χ1n) is 7.19. The number of aryl methyl sites for hydroxylation is 1. The molecule has 0 radical (unpaired) electrons. The number of rotatable bonds is 3. The highest BCUT2D eigenvalue weighted by Gasteiger charge is 2.42. The number of nitrogens with one attached hydrogen (secondary N) is 1. The van der Waals surface area contributed by atoms with Gasteiger partial charge in [0.05, 0.1) is 6.20 Å². The Balaban J connectivity index is 2.13. The molecule has 6 heteroatoms. The van der Waals surface area contributed by atoms with Crippen LogP contribution >= 0.6 is 0 Å². The van der Waals surface area contributed by atoms with Crippen molar-refractivity contribution >= 4 is 11.7 Å². The molecule has 2 aromatic heterocycles. The summed E-state index contributed by atoms with van der Waals surface area (Å²) in [6.07, 6.45) is 4.74. The van der Waals surface area contributed by atoms with Gasteiger partial charge in [-0.15, -0.1) is 0 Å². The van der Waals surface area contributed by atoms with Gasteiger partial charge in [0.2, 0.25) is 0 Å². The quantitative estimate of drug-likeness (QED) is 0.943. The normalized spacial score (nSPS) is 21.1. The summed E-state index contributed by atoms with van der Waals surface area (Å²) in [6.45, 7) is 7.74. The minimum atomic E-state index is -0.777. The lowest BCUT2D eigenvalue weighted by molar-refractivity contribution is -0.124. The van der Waals surface area contributed by atoms with E-state index in [-0.39, 0.29) is 11.8 Å². The third-order valence-electron chi connectivity index (χ3n) is 4.11. The highest BCUT2D eigenvalue weighted by atomic mass is 16.3. The second kappa shape index (κ2) is 5.05. The lowest BCUT2D eigenvalue weighted by atomic mass is 9.89. The van der Waals surface area contributed by atoms with Crippen LogP contribution < -0.4 is 5.32 Å². The highest BCUT2D eigenvalue weighted by Crippen LogP contribution is 2.29. The minimum Gasteiger partial charge on any atom is -0.443 e. The van der Waals surface area contributed by atoms with E-state index in [1.165, 1.54) is 6.39 Å². The summed E-state index contributed by atoms with van der Waals surface area (Å²) in [5.41, 5.74) is 1.58. The minimum absolute atomic E-state index is 0.0872. The summed E-state index contributed by atoms with van der Waals surface area (Å²) in [5.74, 6) is 1.06. The van der Waals surface area contributed by atoms with Crippen molar-refractivity contribution in [2.24, 2.45) is 10.9 Å². The van der Waals surface area contributed by atoms with Crippen molar-refractivity contribution in [2.45, 2.75) is 33.2 Å². The Morgan fingerprint density at radius 3 is 2.68 bits per heavy atom. The van der Waals surface area contributed by atoms with Crippen LogP contribution in [0.3, 0.4) is 0 Å². The summed E-state index contributed by atoms with van der Waals surface area (Å²) >= 11 is 0. The maximum Gasteiger partial charge on any atom is 0.253 e. The second-order valence-corrected chi connectivity index (χ2v) is 5.99. The van der Waals surface area contributed by atoms with Gasteiger partial charge in [-0.2, -0.15) is 0 Å². The third-order valence-corrected chi connectivity index (χ3v) is 4.11. The lowest BCUT2D eigenvalue weighted by Crippen LogP contribution is -2.41. The molecule has 1 aliphatic heterocycles. The van der Waals surface area contributed by atoms with Crippen LogP contribution in [0.4, 0.5) is 0 Å². The zero-order valence-electron chi connectivity index (χ0n) is 13.0. The Kier molecular flexibility index (Phi) is 3.31. The van der Waals surface area contributed by atoms with Gasteiger partial charge in [0, 0.05) is 11.8 Å². The second-order valence-electron chi connectivity index (χ2n) is 5.99. The zero-order chi connectivity index (χ0) is 15.9. The molecule has 1 amide bonds. The van der Waals surface area contributed by atoms with E-state index < -0.39 is 5.54 Å². The number of hydrogen-bond donors (Lipinski definition) is 1. The standard InChI is InChI=1S/C16H18N4O2/c1-9(2)16(4)15(21)19-14(20-16)13-11(5-10(3)6-18-13)12-7-17-8-22-12/h5-9H,1-4H3,(H,19,20,21). The summed E-state index contributed by atoms with van der Waals surface area (Å²) in [5, 5.41) is 2.85. The number of carbonyl (C=O) groups is 1. The Morgan fingerprint density at radius 1 is 1.32 bits per heavy atom. The number of carbonyl (C=O) groups excluding carboxylic acids is 1. The first-order valence-corrected chi connectivity index (χ1v) is 7.19. The Labute approximate surface area is 128 Å². The van der Waals surface area contributed by atoms with Crippen molar-refractivity contribution in [1.82, 2.24) is 15.3 Å².